The van der Waals surface area contributed by atoms with Gasteiger partial charge in [-0.25, -0.2) is 0 Å². The molecule has 1 aromatic rings. The number of carboxylic acids is 1. The van der Waals surface area contributed by atoms with Crippen molar-refractivity contribution in [3.8, 4) is 5.75 Å². The van der Waals surface area contributed by atoms with E-state index < -0.39 is 12.1 Å². The zero-order chi connectivity index (χ0) is 18.2. The fourth-order valence-electron chi connectivity index (χ4n) is 3.87. The SMILES string of the molecule is CC(C)(C)c1ccc2c(c1)OC[C@@H](N[C@H]1CCC[C@@H](C(=O)O)C1)[C@H]2O. The van der Waals surface area contributed by atoms with Crippen LogP contribution < -0.4 is 10.1 Å². The number of aliphatic hydroxyl groups excluding tert-OH is 1. The van der Waals surface area contributed by atoms with Crippen LogP contribution in [0.5, 0.6) is 5.75 Å². The van der Waals surface area contributed by atoms with Crippen LogP contribution in [0.3, 0.4) is 0 Å². The Labute approximate surface area is 149 Å². The Morgan fingerprint density at radius 1 is 1.28 bits per heavy atom. The molecule has 5 heteroatoms. The third-order valence-electron chi connectivity index (χ3n) is 5.47. The Hall–Kier alpha value is -1.59. The third-order valence-corrected chi connectivity index (χ3v) is 5.47. The van der Waals surface area contributed by atoms with Crippen molar-refractivity contribution in [2.24, 2.45) is 5.92 Å². The van der Waals surface area contributed by atoms with Gasteiger partial charge in [0.2, 0.25) is 0 Å². The minimum Gasteiger partial charge on any atom is -0.491 e. The Bertz CT molecular complexity index is 637. The average molecular weight is 347 g/mol. The lowest BCUT2D eigenvalue weighted by Gasteiger charge is -2.36. The molecule has 1 saturated carbocycles. The normalized spacial score (nSPS) is 29.6. The van der Waals surface area contributed by atoms with E-state index in [-0.39, 0.29) is 23.4 Å². The molecule has 0 aromatic heterocycles. The van der Waals surface area contributed by atoms with E-state index in [1.807, 2.05) is 12.1 Å². The summed E-state index contributed by atoms with van der Waals surface area (Å²) in [6.45, 7) is 6.86. The van der Waals surface area contributed by atoms with E-state index in [0.717, 1.165) is 30.6 Å². The molecular weight excluding hydrogens is 318 g/mol. The summed E-state index contributed by atoms with van der Waals surface area (Å²) in [6, 6.07) is 5.94. The zero-order valence-electron chi connectivity index (χ0n) is 15.3. The summed E-state index contributed by atoms with van der Waals surface area (Å²) in [5.74, 6) is -0.244. The molecule has 1 aromatic carbocycles. The number of hydrogen-bond acceptors (Lipinski definition) is 4. The molecule has 4 atom stereocenters. The van der Waals surface area contributed by atoms with Crippen molar-refractivity contribution in [1.82, 2.24) is 5.32 Å². The number of rotatable bonds is 3. The van der Waals surface area contributed by atoms with Crippen molar-refractivity contribution < 1.29 is 19.7 Å². The van der Waals surface area contributed by atoms with Crippen molar-refractivity contribution in [3.05, 3.63) is 29.3 Å². The Kier molecular flexibility index (Phi) is 5.07. The highest BCUT2D eigenvalue weighted by Crippen LogP contribution is 2.36. The number of benzene rings is 1. The molecule has 0 saturated heterocycles. The summed E-state index contributed by atoms with van der Waals surface area (Å²) in [4.78, 5) is 11.2. The lowest BCUT2D eigenvalue weighted by atomic mass is 9.84. The first-order valence-corrected chi connectivity index (χ1v) is 9.20. The van der Waals surface area contributed by atoms with Gasteiger partial charge in [-0.05, 0) is 36.3 Å². The van der Waals surface area contributed by atoms with Crippen molar-refractivity contribution >= 4 is 5.97 Å². The predicted octanol–water partition coefficient (Wildman–Crippen LogP) is 3.01. The summed E-state index contributed by atoms with van der Waals surface area (Å²) in [7, 11) is 0. The second-order valence-electron chi connectivity index (χ2n) is 8.43. The highest BCUT2D eigenvalue weighted by atomic mass is 16.5. The molecule has 1 aliphatic heterocycles. The molecule has 0 radical (unpaired) electrons. The Morgan fingerprint density at radius 3 is 2.72 bits per heavy atom. The smallest absolute Gasteiger partial charge is 0.306 e. The van der Waals surface area contributed by atoms with Crippen LogP contribution in [0, 0.1) is 5.92 Å². The topological polar surface area (TPSA) is 78.8 Å². The zero-order valence-corrected chi connectivity index (χ0v) is 15.3. The van der Waals surface area contributed by atoms with Gasteiger partial charge in [-0.1, -0.05) is 39.3 Å². The molecule has 1 aliphatic carbocycles. The molecule has 1 fully saturated rings. The maximum Gasteiger partial charge on any atom is 0.306 e. The fourth-order valence-corrected chi connectivity index (χ4v) is 3.87. The van der Waals surface area contributed by atoms with Crippen LogP contribution in [0.15, 0.2) is 18.2 Å². The van der Waals surface area contributed by atoms with Crippen LogP contribution in [0.25, 0.3) is 0 Å². The van der Waals surface area contributed by atoms with Crippen LogP contribution in [0.4, 0.5) is 0 Å². The molecular formula is C20H29NO4. The minimum absolute atomic E-state index is 0.0341. The predicted molar refractivity (Wildman–Crippen MR) is 95.9 cm³/mol. The number of ether oxygens (including phenoxy) is 1. The van der Waals surface area contributed by atoms with Crippen LogP contribution in [-0.2, 0) is 10.2 Å². The first-order chi connectivity index (χ1) is 11.8. The standard InChI is InChI=1S/C20H29NO4/c1-20(2,3)13-7-8-15-17(10-13)25-11-16(18(15)22)21-14-6-4-5-12(9-14)19(23)24/h7-8,10,12,14,16,18,21-22H,4-6,9,11H2,1-3H3,(H,23,24)/t12-,14+,16-,18+/m1/s1. The highest BCUT2D eigenvalue weighted by Gasteiger charge is 2.34. The first-order valence-electron chi connectivity index (χ1n) is 9.20. The monoisotopic (exact) mass is 347 g/mol. The van der Waals surface area contributed by atoms with Gasteiger partial charge in [-0.3, -0.25) is 4.79 Å². The summed E-state index contributed by atoms with van der Waals surface area (Å²) in [5, 5.41) is 23.4. The molecule has 0 amide bonds. The molecule has 0 spiro atoms. The molecule has 0 unspecified atom stereocenters. The number of hydrogen-bond donors (Lipinski definition) is 3. The van der Waals surface area contributed by atoms with Gasteiger partial charge in [0.1, 0.15) is 18.5 Å². The van der Waals surface area contributed by atoms with Gasteiger partial charge < -0.3 is 20.3 Å². The second-order valence-corrected chi connectivity index (χ2v) is 8.43. The number of carbonyl (C=O) groups is 1. The van der Waals surface area contributed by atoms with Crippen molar-refractivity contribution in [3.63, 3.8) is 0 Å². The molecule has 5 nitrogen and oxygen atoms in total. The van der Waals surface area contributed by atoms with E-state index >= 15 is 0 Å². The van der Waals surface area contributed by atoms with Crippen molar-refractivity contribution in [1.29, 1.82) is 0 Å². The quantitative estimate of drug-likeness (QED) is 0.783. The number of aliphatic carboxylic acids is 1. The van der Waals surface area contributed by atoms with Crippen molar-refractivity contribution in [2.45, 2.75) is 70.1 Å². The molecule has 138 valence electrons. The van der Waals surface area contributed by atoms with E-state index in [4.69, 9.17) is 4.74 Å². The minimum atomic E-state index is -0.716. The summed E-state index contributed by atoms with van der Waals surface area (Å²) in [6.07, 6.45) is 2.58. The molecule has 25 heavy (non-hydrogen) atoms. The number of nitrogens with one attached hydrogen (secondary N) is 1. The lowest BCUT2D eigenvalue weighted by Crippen LogP contribution is -2.49. The summed E-state index contributed by atoms with van der Waals surface area (Å²) >= 11 is 0. The molecule has 0 bridgehead atoms. The van der Waals surface area contributed by atoms with E-state index in [1.54, 1.807) is 0 Å². The van der Waals surface area contributed by atoms with Gasteiger partial charge in [0.25, 0.3) is 0 Å². The van der Waals surface area contributed by atoms with Gasteiger partial charge in [-0.2, -0.15) is 0 Å². The van der Waals surface area contributed by atoms with Crippen molar-refractivity contribution in [2.75, 3.05) is 6.61 Å². The van der Waals surface area contributed by atoms with Gasteiger partial charge >= 0.3 is 5.97 Å². The lowest BCUT2D eigenvalue weighted by molar-refractivity contribution is -0.143. The number of carboxylic acid groups (broad SMARTS) is 1. The maximum atomic E-state index is 11.2. The average Bonchev–Trinajstić information content (AvgIpc) is 2.56. The molecule has 2 aliphatic rings. The second kappa shape index (κ2) is 6.96. The van der Waals surface area contributed by atoms with E-state index in [2.05, 4.69) is 32.2 Å². The Balaban J connectivity index is 1.69. The number of fused-ring (bicyclic) bond motifs is 1. The first kappa shape index (κ1) is 18.2. The Morgan fingerprint density at radius 2 is 2.04 bits per heavy atom. The molecule has 1 heterocycles. The van der Waals surface area contributed by atoms with E-state index in [0.29, 0.717) is 13.0 Å². The van der Waals surface area contributed by atoms with Crippen LogP contribution in [-0.4, -0.2) is 34.9 Å². The molecule has 3 rings (SSSR count). The summed E-state index contributed by atoms with van der Waals surface area (Å²) in [5.41, 5.74) is 2.02. The summed E-state index contributed by atoms with van der Waals surface area (Å²) < 4.78 is 5.92. The number of aliphatic hydroxyl groups is 1. The maximum absolute atomic E-state index is 11.2. The van der Waals surface area contributed by atoms with Crippen LogP contribution >= 0.6 is 0 Å². The van der Waals surface area contributed by atoms with E-state index in [1.165, 1.54) is 5.56 Å². The van der Waals surface area contributed by atoms with Crippen LogP contribution in [0.2, 0.25) is 0 Å². The largest absolute Gasteiger partial charge is 0.491 e. The van der Waals surface area contributed by atoms with Crippen LogP contribution in [0.1, 0.15) is 63.7 Å². The van der Waals surface area contributed by atoms with Gasteiger partial charge in [0.05, 0.1) is 12.0 Å². The van der Waals surface area contributed by atoms with Gasteiger partial charge in [0, 0.05) is 11.6 Å². The third kappa shape index (κ3) is 3.98. The van der Waals surface area contributed by atoms with Gasteiger partial charge in [0.15, 0.2) is 0 Å². The fraction of sp³-hybridized carbons (Fsp3) is 0.650. The van der Waals surface area contributed by atoms with Gasteiger partial charge in [-0.15, -0.1) is 0 Å². The molecule has 3 N–H and O–H groups in total. The highest BCUT2D eigenvalue weighted by molar-refractivity contribution is 5.70. The van der Waals surface area contributed by atoms with E-state index in [9.17, 15) is 15.0 Å².